The Labute approximate surface area is 224 Å². The summed E-state index contributed by atoms with van der Waals surface area (Å²) in [5.41, 5.74) is -0.0522. The van der Waals surface area contributed by atoms with Crippen molar-refractivity contribution in [2.45, 2.75) is 93.4 Å². The lowest BCUT2D eigenvalue weighted by Crippen LogP contribution is -2.26. The number of nitrogens with zero attached hydrogens (tertiary/aromatic N) is 4. The first-order valence-corrected chi connectivity index (χ1v) is 15.3. The van der Waals surface area contributed by atoms with Crippen LogP contribution in [0.2, 0.25) is 0 Å². The van der Waals surface area contributed by atoms with E-state index < -0.39 is 0 Å². The van der Waals surface area contributed by atoms with E-state index in [0.29, 0.717) is 26.2 Å². The number of aryl methyl sites for hydroxylation is 2. The molecule has 0 fully saturated rings. The topological polar surface area (TPSA) is 94.3 Å². The van der Waals surface area contributed by atoms with Gasteiger partial charge >= 0.3 is 11.4 Å². The first-order chi connectivity index (χ1) is 16.9. The normalized spacial score (nSPS) is 12.5. The van der Waals surface area contributed by atoms with Crippen LogP contribution in [0.1, 0.15) is 67.2 Å². The molecule has 0 bridgehead atoms. The van der Waals surface area contributed by atoms with Crippen molar-refractivity contribution in [2.24, 2.45) is 10.8 Å². The van der Waals surface area contributed by atoms with Crippen molar-refractivity contribution in [3.8, 4) is 11.8 Å². The molecular formula is C26H46N4O4S2. The molecule has 0 aromatic carbocycles. The molecule has 8 nitrogen and oxygen atoms in total. The Morgan fingerprint density at radius 3 is 1.33 bits per heavy atom. The molecule has 0 spiro atoms. The van der Waals surface area contributed by atoms with Crippen LogP contribution in [0.15, 0.2) is 22.0 Å². The highest BCUT2D eigenvalue weighted by molar-refractivity contribution is 8.02. The molecule has 0 saturated heterocycles. The molecule has 36 heavy (non-hydrogen) atoms. The van der Waals surface area contributed by atoms with Gasteiger partial charge in [0.05, 0.1) is 12.4 Å². The fourth-order valence-electron chi connectivity index (χ4n) is 4.01. The maximum atomic E-state index is 12.3. The number of rotatable bonds is 17. The van der Waals surface area contributed by atoms with E-state index in [4.69, 9.17) is 0 Å². The van der Waals surface area contributed by atoms with Crippen molar-refractivity contribution >= 4 is 23.5 Å². The van der Waals surface area contributed by atoms with Gasteiger partial charge < -0.3 is 10.2 Å². The molecule has 10 heteroatoms. The summed E-state index contributed by atoms with van der Waals surface area (Å²) in [6, 6.07) is 0. The summed E-state index contributed by atoms with van der Waals surface area (Å²) in [5, 5.41) is 20.1. The molecule has 0 amide bonds. The lowest BCUT2D eigenvalue weighted by molar-refractivity contribution is 0.291. The Morgan fingerprint density at radius 2 is 1.03 bits per heavy atom. The third-order valence-electron chi connectivity index (χ3n) is 6.97. The van der Waals surface area contributed by atoms with Gasteiger partial charge in [-0.05, 0) is 61.9 Å². The molecule has 0 aliphatic carbocycles. The number of hydrogen-bond acceptors (Lipinski definition) is 6. The van der Waals surface area contributed by atoms with Crippen molar-refractivity contribution in [1.29, 1.82) is 0 Å². The predicted octanol–water partition coefficient (Wildman–Crippen LogP) is 4.84. The highest BCUT2D eigenvalue weighted by Gasteiger charge is 2.21. The van der Waals surface area contributed by atoms with Crippen LogP contribution in [0.3, 0.4) is 0 Å². The molecule has 0 unspecified atom stereocenters. The van der Waals surface area contributed by atoms with E-state index in [0.717, 1.165) is 48.7 Å². The molecule has 0 saturated carbocycles. The highest BCUT2D eigenvalue weighted by atomic mass is 32.2. The molecule has 2 heterocycles. The SMILES string of the molecule is CCn1cc(O)n(CCC(C)(C)CCSCCSCCC(C)(C)CCn2c(O)cn(CC)c2=O)c1=O. The Hall–Kier alpha value is -1.68. The quantitative estimate of drug-likeness (QED) is 0.278. The second-order valence-corrected chi connectivity index (χ2v) is 13.4. The van der Waals surface area contributed by atoms with Gasteiger partial charge in [-0.25, -0.2) is 9.59 Å². The molecule has 2 aromatic rings. The van der Waals surface area contributed by atoms with Gasteiger partial charge in [-0.15, -0.1) is 0 Å². The van der Waals surface area contributed by atoms with Gasteiger partial charge in [0.1, 0.15) is 0 Å². The maximum absolute atomic E-state index is 12.3. The Morgan fingerprint density at radius 1 is 0.667 bits per heavy atom. The molecule has 2 N–H and O–H groups in total. The molecule has 2 rings (SSSR count). The Kier molecular flexibility index (Phi) is 11.7. The number of imidazole rings is 2. The van der Waals surface area contributed by atoms with Gasteiger partial charge in [-0.1, -0.05) is 27.7 Å². The smallest absolute Gasteiger partial charge is 0.331 e. The van der Waals surface area contributed by atoms with Crippen molar-refractivity contribution in [2.75, 3.05) is 23.0 Å². The summed E-state index contributed by atoms with van der Waals surface area (Å²) in [6.45, 7) is 14.9. The van der Waals surface area contributed by atoms with E-state index in [9.17, 15) is 19.8 Å². The minimum absolute atomic E-state index is 0.0508. The molecule has 0 radical (unpaired) electrons. The fourth-order valence-corrected chi connectivity index (χ4v) is 6.75. The molecule has 2 aromatic heterocycles. The zero-order chi connectivity index (χ0) is 26.9. The Bertz CT molecular complexity index is 981. The minimum atomic E-state index is -0.136. The molecular weight excluding hydrogens is 496 g/mol. The van der Waals surface area contributed by atoms with Crippen LogP contribution in [-0.2, 0) is 26.2 Å². The van der Waals surface area contributed by atoms with E-state index >= 15 is 0 Å². The average Bonchev–Trinajstić information content (AvgIpc) is 3.25. The van der Waals surface area contributed by atoms with Crippen LogP contribution in [0.25, 0.3) is 0 Å². The first-order valence-electron chi connectivity index (χ1n) is 13.0. The van der Waals surface area contributed by atoms with Crippen molar-refractivity contribution in [1.82, 2.24) is 18.3 Å². The number of aromatic nitrogens is 4. The summed E-state index contributed by atoms with van der Waals surface area (Å²) < 4.78 is 6.01. The zero-order valence-electron chi connectivity index (χ0n) is 23.0. The van der Waals surface area contributed by atoms with E-state index in [-0.39, 0.29) is 34.0 Å². The number of aromatic hydroxyl groups is 2. The Balaban J connectivity index is 1.59. The largest absolute Gasteiger partial charge is 0.493 e. The summed E-state index contributed by atoms with van der Waals surface area (Å²) in [4.78, 5) is 24.5. The van der Waals surface area contributed by atoms with Crippen molar-refractivity contribution in [3.63, 3.8) is 0 Å². The molecule has 0 aliphatic heterocycles. The van der Waals surface area contributed by atoms with E-state index in [1.165, 1.54) is 30.7 Å². The van der Waals surface area contributed by atoms with Crippen LogP contribution < -0.4 is 11.4 Å². The minimum Gasteiger partial charge on any atom is -0.493 e. The average molecular weight is 543 g/mol. The monoisotopic (exact) mass is 542 g/mol. The number of hydrogen-bond donors (Lipinski definition) is 2. The van der Waals surface area contributed by atoms with E-state index in [2.05, 4.69) is 27.7 Å². The van der Waals surface area contributed by atoms with Gasteiger partial charge in [0.25, 0.3) is 0 Å². The second-order valence-electron chi connectivity index (χ2n) is 11.0. The fraction of sp³-hybridized carbons (Fsp3) is 0.769. The van der Waals surface area contributed by atoms with Crippen LogP contribution in [0.4, 0.5) is 0 Å². The summed E-state index contributed by atoms with van der Waals surface area (Å²) in [7, 11) is 0. The van der Waals surface area contributed by atoms with Crippen LogP contribution in [0.5, 0.6) is 11.8 Å². The third kappa shape index (κ3) is 9.01. The van der Waals surface area contributed by atoms with Gasteiger partial charge in [0.2, 0.25) is 11.8 Å². The van der Waals surface area contributed by atoms with Crippen molar-refractivity contribution < 1.29 is 10.2 Å². The highest BCUT2D eigenvalue weighted by Crippen LogP contribution is 2.30. The standard InChI is InChI=1S/C26H46N4O4S2/c1-7-27-19-21(31)29(23(27)33)13-9-25(3,4)11-15-35-17-18-36-16-12-26(5,6)10-14-30-22(32)20-28(8-2)24(30)34/h19-20,31-32H,7-18H2,1-6H3. The maximum Gasteiger partial charge on any atom is 0.331 e. The van der Waals surface area contributed by atoms with Crippen LogP contribution in [0, 0.1) is 10.8 Å². The summed E-state index contributed by atoms with van der Waals surface area (Å²) >= 11 is 3.96. The molecule has 0 aliphatic rings. The first kappa shape index (κ1) is 30.5. The van der Waals surface area contributed by atoms with Gasteiger partial charge in [0.15, 0.2) is 0 Å². The number of thioether (sulfide) groups is 2. The van der Waals surface area contributed by atoms with Crippen LogP contribution >= 0.6 is 23.5 Å². The van der Waals surface area contributed by atoms with Crippen LogP contribution in [-0.4, -0.2) is 51.5 Å². The van der Waals surface area contributed by atoms with E-state index in [1.54, 1.807) is 0 Å². The molecule has 0 atom stereocenters. The third-order valence-corrected chi connectivity index (χ3v) is 9.20. The lowest BCUT2D eigenvalue weighted by Gasteiger charge is -2.25. The molecule has 206 valence electrons. The lowest BCUT2D eigenvalue weighted by atomic mass is 9.86. The van der Waals surface area contributed by atoms with Crippen molar-refractivity contribution in [3.05, 3.63) is 33.4 Å². The second kappa shape index (κ2) is 13.7. The zero-order valence-corrected chi connectivity index (χ0v) is 24.6. The van der Waals surface area contributed by atoms with E-state index in [1.807, 2.05) is 37.4 Å². The predicted molar refractivity (Wildman–Crippen MR) is 153 cm³/mol. The van der Waals surface area contributed by atoms with Gasteiger partial charge in [0, 0.05) is 37.7 Å². The van der Waals surface area contributed by atoms with Gasteiger partial charge in [-0.3, -0.25) is 18.3 Å². The summed E-state index contributed by atoms with van der Waals surface area (Å²) in [6.07, 6.45) is 6.88. The van der Waals surface area contributed by atoms with Gasteiger partial charge in [-0.2, -0.15) is 23.5 Å². The summed E-state index contributed by atoms with van der Waals surface area (Å²) in [5.74, 6) is 4.52.